The third-order valence-corrected chi connectivity index (χ3v) is 3.43. The summed E-state index contributed by atoms with van der Waals surface area (Å²) >= 11 is 0. The Bertz CT molecular complexity index is 512. The molecule has 2 rings (SSSR count). The average molecular weight is 268 g/mol. The molecule has 2 heteroatoms. The second-order valence-corrected chi connectivity index (χ2v) is 5.32. The molecule has 2 aromatic carbocycles. The highest BCUT2D eigenvalue weighted by molar-refractivity contribution is 5.66. The first-order chi connectivity index (χ1) is 9.70. The van der Waals surface area contributed by atoms with Crippen LogP contribution in [0.4, 0.5) is 5.69 Å². The van der Waals surface area contributed by atoms with E-state index in [2.05, 4.69) is 79.8 Å². The average Bonchev–Trinajstić information content (AvgIpc) is 2.48. The molecule has 0 spiro atoms. The van der Waals surface area contributed by atoms with Crippen molar-refractivity contribution in [3.63, 3.8) is 0 Å². The Balaban J connectivity index is 2.05. The summed E-state index contributed by atoms with van der Waals surface area (Å²) < 4.78 is 0. The predicted octanol–water partition coefficient (Wildman–Crippen LogP) is 3.92. The molecule has 0 atom stereocenters. The molecule has 0 fully saturated rings. The van der Waals surface area contributed by atoms with Crippen LogP contribution in [0.5, 0.6) is 0 Å². The van der Waals surface area contributed by atoms with E-state index < -0.39 is 0 Å². The van der Waals surface area contributed by atoms with Crippen molar-refractivity contribution in [2.45, 2.75) is 19.9 Å². The van der Waals surface area contributed by atoms with Crippen LogP contribution in [0.3, 0.4) is 0 Å². The molecular formula is C18H24N2. The number of nitrogens with zero attached hydrogens (tertiary/aromatic N) is 1. The summed E-state index contributed by atoms with van der Waals surface area (Å²) in [5.41, 5.74) is 5.11. The molecule has 0 bridgehead atoms. The van der Waals surface area contributed by atoms with E-state index >= 15 is 0 Å². The highest BCUT2D eigenvalue weighted by Gasteiger charge is 2.00. The first-order valence-electron chi connectivity index (χ1n) is 7.28. The number of benzene rings is 2. The molecule has 2 nitrogen and oxygen atoms in total. The van der Waals surface area contributed by atoms with E-state index in [1.165, 1.54) is 28.8 Å². The van der Waals surface area contributed by atoms with Crippen molar-refractivity contribution in [3.8, 4) is 11.1 Å². The van der Waals surface area contributed by atoms with Gasteiger partial charge in [-0.3, -0.25) is 0 Å². The van der Waals surface area contributed by atoms with Gasteiger partial charge in [0.2, 0.25) is 0 Å². The summed E-state index contributed by atoms with van der Waals surface area (Å²) in [6.45, 7) is 4.22. The van der Waals surface area contributed by atoms with Crippen molar-refractivity contribution >= 4 is 5.69 Å². The second kappa shape index (κ2) is 7.11. The quantitative estimate of drug-likeness (QED) is 0.799. The molecule has 0 saturated carbocycles. The van der Waals surface area contributed by atoms with Gasteiger partial charge in [-0.2, -0.15) is 0 Å². The van der Waals surface area contributed by atoms with Crippen LogP contribution in [0.1, 0.15) is 18.9 Å². The minimum Gasteiger partial charge on any atom is -0.378 e. The van der Waals surface area contributed by atoms with E-state index in [9.17, 15) is 0 Å². The first kappa shape index (κ1) is 14.6. The van der Waals surface area contributed by atoms with E-state index in [0.29, 0.717) is 0 Å². The Morgan fingerprint density at radius 1 is 0.850 bits per heavy atom. The van der Waals surface area contributed by atoms with Gasteiger partial charge in [0.05, 0.1) is 0 Å². The highest BCUT2D eigenvalue weighted by Crippen LogP contribution is 2.22. The van der Waals surface area contributed by atoms with E-state index in [1.54, 1.807) is 0 Å². The van der Waals surface area contributed by atoms with E-state index in [-0.39, 0.29) is 0 Å². The molecule has 1 N–H and O–H groups in total. The minimum absolute atomic E-state index is 0.952. The topological polar surface area (TPSA) is 15.3 Å². The largest absolute Gasteiger partial charge is 0.378 e. The van der Waals surface area contributed by atoms with Crippen molar-refractivity contribution < 1.29 is 0 Å². The normalized spacial score (nSPS) is 10.6. The van der Waals surface area contributed by atoms with Crippen LogP contribution >= 0.6 is 0 Å². The van der Waals surface area contributed by atoms with Crippen LogP contribution in [0.2, 0.25) is 0 Å². The molecule has 0 aromatic heterocycles. The number of anilines is 1. The lowest BCUT2D eigenvalue weighted by molar-refractivity contribution is 0.675. The zero-order valence-corrected chi connectivity index (χ0v) is 12.7. The van der Waals surface area contributed by atoms with Crippen molar-refractivity contribution in [3.05, 3.63) is 54.1 Å². The Kier molecular flexibility index (Phi) is 5.19. The molecular weight excluding hydrogens is 244 g/mol. The van der Waals surface area contributed by atoms with Gasteiger partial charge in [0.25, 0.3) is 0 Å². The predicted molar refractivity (Wildman–Crippen MR) is 88.2 cm³/mol. The minimum atomic E-state index is 0.952. The Labute approximate surface area is 122 Å². The van der Waals surface area contributed by atoms with Gasteiger partial charge in [0, 0.05) is 26.3 Å². The molecule has 0 aliphatic heterocycles. The van der Waals surface area contributed by atoms with Crippen LogP contribution in [0, 0.1) is 0 Å². The molecule has 0 amide bonds. The summed E-state index contributed by atoms with van der Waals surface area (Å²) in [5, 5.41) is 3.42. The zero-order valence-electron chi connectivity index (χ0n) is 12.7. The first-order valence-corrected chi connectivity index (χ1v) is 7.28. The summed E-state index contributed by atoms with van der Waals surface area (Å²) in [5.74, 6) is 0. The molecule has 0 heterocycles. The van der Waals surface area contributed by atoms with E-state index in [4.69, 9.17) is 0 Å². The molecule has 0 radical (unpaired) electrons. The lowest BCUT2D eigenvalue weighted by Gasteiger charge is -2.13. The van der Waals surface area contributed by atoms with Crippen LogP contribution in [0.25, 0.3) is 11.1 Å². The molecule has 2 aromatic rings. The Morgan fingerprint density at radius 2 is 1.40 bits per heavy atom. The SMILES string of the molecule is CCCNCc1ccc(-c2ccc(N(C)C)cc2)cc1. The smallest absolute Gasteiger partial charge is 0.0361 e. The van der Waals surface area contributed by atoms with Gasteiger partial charge in [-0.05, 0) is 41.8 Å². The van der Waals surface area contributed by atoms with Crippen LogP contribution in [-0.4, -0.2) is 20.6 Å². The number of hydrogen-bond donors (Lipinski definition) is 1. The fourth-order valence-electron chi connectivity index (χ4n) is 2.18. The van der Waals surface area contributed by atoms with Gasteiger partial charge in [-0.1, -0.05) is 43.3 Å². The maximum atomic E-state index is 3.42. The van der Waals surface area contributed by atoms with Gasteiger partial charge in [-0.15, -0.1) is 0 Å². The monoisotopic (exact) mass is 268 g/mol. The lowest BCUT2D eigenvalue weighted by Crippen LogP contribution is -2.13. The molecule has 20 heavy (non-hydrogen) atoms. The standard InChI is InChI=1S/C18H24N2/c1-4-13-19-14-15-5-7-16(8-6-15)17-9-11-18(12-10-17)20(2)3/h5-12,19H,4,13-14H2,1-3H3. The summed E-state index contributed by atoms with van der Waals surface area (Å²) in [7, 11) is 4.13. The van der Waals surface area contributed by atoms with Crippen molar-refractivity contribution in [2.24, 2.45) is 0 Å². The zero-order chi connectivity index (χ0) is 14.4. The molecule has 0 unspecified atom stereocenters. The van der Waals surface area contributed by atoms with Crippen LogP contribution < -0.4 is 10.2 Å². The summed E-state index contributed by atoms with van der Waals surface area (Å²) in [6, 6.07) is 17.5. The fraction of sp³-hybridized carbons (Fsp3) is 0.333. The van der Waals surface area contributed by atoms with Crippen LogP contribution in [0.15, 0.2) is 48.5 Å². The highest BCUT2D eigenvalue weighted by atomic mass is 15.1. The number of nitrogens with one attached hydrogen (secondary N) is 1. The van der Waals surface area contributed by atoms with Gasteiger partial charge in [0.1, 0.15) is 0 Å². The molecule has 106 valence electrons. The van der Waals surface area contributed by atoms with Crippen LogP contribution in [-0.2, 0) is 6.54 Å². The van der Waals surface area contributed by atoms with Gasteiger partial charge < -0.3 is 10.2 Å². The molecule has 0 aliphatic carbocycles. The van der Waals surface area contributed by atoms with Gasteiger partial charge >= 0.3 is 0 Å². The third kappa shape index (κ3) is 3.84. The summed E-state index contributed by atoms with van der Waals surface area (Å²) in [4.78, 5) is 2.12. The third-order valence-electron chi connectivity index (χ3n) is 3.43. The Hall–Kier alpha value is -1.80. The van der Waals surface area contributed by atoms with Crippen molar-refractivity contribution in [2.75, 3.05) is 25.5 Å². The Morgan fingerprint density at radius 3 is 1.90 bits per heavy atom. The molecule has 0 aliphatic rings. The van der Waals surface area contributed by atoms with E-state index in [0.717, 1.165) is 13.1 Å². The summed E-state index contributed by atoms with van der Waals surface area (Å²) in [6.07, 6.45) is 1.18. The lowest BCUT2D eigenvalue weighted by atomic mass is 10.0. The maximum Gasteiger partial charge on any atom is 0.0361 e. The number of rotatable bonds is 6. The van der Waals surface area contributed by atoms with Gasteiger partial charge in [0.15, 0.2) is 0 Å². The fourth-order valence-corrected chi connectivity index (χ4v) is 2.18. The number of hydrogen-bond acceptors (Lipinski definition) is 2. The second-order valence-electron chi connectivity index (χ2n) is 5.32. The van der Waals surface area contributed by atoms with Crippen molar-refractivity contribution in [1.82, 2.24) is 5.32 Å². The van der Waals surface area contributed by atoms with Crippen molar-refractivity contribution in [1.29, 1.82) is 0 Å². The van der Waals surface area contributed by atoms with Gasteiger partial charge in [-0.25, -0.2) is 0 Å². The molecule has 0 saturated heterocycles. The van der Waals surface area contributed by atoms with E-state index in [1.807, 2.05) is 0 Å². The maximum absolute atomic E-state index is 3.42.